The van der Waals surface area contributed by atoms with Gasteiger partial charge in [-0.2, -0.15) is 21.6 Å². The van der Waals surface area contributed by atoms with Gasteiger partial charge in [0.15, 0.2) is 5.75 Å². The van der Waals surface area contributed by atoms with Crippen molar-refractivity contribution in [2.45, 2.75) is 11.1 Å². The van der Waals surface area contributed by atoms with Crippen LogP contribution in [0.25, 0.3) is 0 Å². The third-order valence-electron chi connectivity index (χ3n) is 2.80. The zero-order valence-corrected chi connectivity index (χ0v) is 13.2. The summed E-state index contributed by atoms with van der Waals surface area (Å²) >= 11 is 5.80. The fourth-order valence-electron chi connectivity index (χ4n) is 1.74. The molecule has 0 N–H and O–H groups in total. The van der Waals surface area contributed by atoms with Crippen LogP contribution in [-0.2, 0) is 16.3 Å². The molecule has 0 atom stereocenters. The molecule has 0 unspecified atom stereocenters. The molecule has 0 aliphatic rings. The first-order valence-corrected chi connectivity index (χ1v) is 7.88. The van der Waals surface area contributed by atoms with E-state index in [4.69, 9.17) is 16.3 Å². The molecule has 0 heterocycles. The summed E-state index contributed by atoms with van der Waals surface area (Å²) in [5.74, 6) is -0.667. The lowest BCUT2D eigenvalue weighted by atomic mass is 10.2. The number of rotatable bonds is 4. The van der Waals surface area contributed by atoms with Crippen LogP contribution in [-0.4, -0.2) is 15.5 Å². The zero-order chi connectivity index (χ0) is 17.3. The topological polar surface area (TPSA) is 52.6 Å². The molecule has 0 amide bonds. The molecule has 0 aromatic heterocycles. The summed E-state index contributed by atoms with van der Waals surface area (Å²) in [6.07, 6.45) is -4.76. The monoisotopic (exact) mass is 366 g/mol. The molecule has 0 saturated heterocycles. The largest absolute Gasteiger partial charge is 0.497 e. The number of ether oxygens (including phenoxy) is 1. The molecule has 124 valence electrons. The third kappa shape index (κ3) is 3.89. The Morgan fingerprint density at radius 1 is 1.09 bits per heavy atom. The van der Waals surface area contributed by atoms with Crippen molar-refractivity contribution in [1.82, 2.24) is 0 Å². The second-order valence-electron chi connectivity index (χ2n) is 4.33. The lowest BCUT2D eigenvalue weighted by Crippen LogP contribution is -2.14. The maximum Gasteiger partial charge on any atom is 0.420 e. The van der Waals surface area contributed by atoms with E-state index in [1.807, 2.05) is 0 Å². The molecule has 0 aliphatic carbocycles. The summed E-state index contributed by atoms with van der Waals surface area (Å²) in [7, 11) is -3.27. The molecule has 0 spiro atoms. The van der Waals surface area contributed by atoms with Crippen molar-refractivity contribution in [3.63, 3.8) is 0 Å². The van der Waals surface area contributed by atoms with Gasteiger partial charge >= 0.3 is 16.3 Å². The van der Waals surface area contributed by atoms with Crippen molar-refractivity contribution >= 4 is 21.7 Å². The first-order chi connectivity index (χ1) is 10.6. The Hall–Kier alpha value is -1.93. The van der Waals surface area contributed by atoms with Gasteiger partial charge in [-0.3, -0.25) is 0 Å². The van der Waals surface area contributed by atoms with Gasteiger partial charge < -0.3 is 8.92 Å². The SMILES string of the molecule is COc1ccc(Cl)c(S(=O)(=O)Oc2ccccc2C(F)(F)F)c1. The summed E-state index contributed by atoms with van der Waals surface area (Å²) in [5, 5.41) is -0.199. The average Bonchev–Trinajstić information content (AvgIpc) is 2.46. The molecular formula is C14H10ClF3O4S. The van der Waals surface area contributed by atoms with Crippen molar-refractivity contribution < 1.29 is 30.5 Å². The van der Waals surface area contributed by atoms with Gasteiger partial charge in [0.2, 0.25) is 0 Å². The second-order valence-corrected chi connectivity index (χ2v) is 6.25. The maximum absolute atomic E-state index is 12.9. The van der Waals surface area contributed by atoms with E-state index in [0.717, 1.165) is 24.3 Å². The third-order valence-corrected chi connectivity index (χ3v) is 4.52. The number of hydrogen-bond donors (Lipinski definition) is 0. The predicted molar refractivity (Wildman–Crippen MR) is 77.3 cm³/mol. The Morgan fingerprint density at radius 3 is 2.35 bits per heavy atom. The number of halogens is 4. The van der Waals surface area contributed by atoms with E-state index in [1.54, 1.807) is 0 Å². The van der Waals surface area contributed by atoms with Gasteiger partial charge in [-0.1, -0.05) is 23.7 Å². The standard InChI is InChI=1S/C14H10ClF3O4S/c1-21-9-6-7-11(15)13(8-9)23(19,20)22-12-5-3-2-4-10(12)14(16,17)18/h2-8H,1H3. The van der Waals surface area contributed by atoms with Crippen LogP contribution in [0.5, 0.6) is 11.5 Å². The lowest BCUT2D eigenvalue weighted by Gasteiger charge is -2.14. The minimum Gasteiger partial charge on any atom is -0.497 e. The van der Waals surface area contributed by atoms with E-state index < -0.39 is 32.5 Å². The molecule has 2 rings (SSSR count). The first kappa shape index (κ1) is 17.4. The summed E-state index contributed by atoms with van der Waals surface area (Å²) < 4.78 is 72.7. The fourth-order valence-corrected chi connectivity index (χ4v) is 3.18. The van der Waals surface area contributed by atoms with E-state index >= 15 is 0 Å². The Balaban J connectivity index is 2.48. The second kappa shape index (κ2) is 6.29. The molecule has 0 aliphatic heterocycles. The highest BCUT2D eigenvalue weighted by atomic mass is 35.5. The normalized spacial score (nSPS) is 12.0. The van der Waals surface area contributed by atoms with Crippen LogP contribution in [0.1, 0.15) is 5.56 Å². The van der Waals surface area contributed by atoms with Crippen molar-refractivity contribution in [2.24, 2.45) is 0 Å². The van der Waals surface area contributed by atoms with Crippen LogP contribution in [0.15, 0.2) is 47.4 Å². The van der Waals surface area contributed by atoms with Gasteiger partial charge in [-0.15, -0.1) is 0 Å². The van der Waals surface area contributed by atoms with Gasteiger partial charge in [0.05, 0.1) is 17.7 Å². The molecule has 0 saturated carbocycles. The fraction of sp³-hybridized carbons (Fsp3) is 0.143. The minimum absolute atomic E-state index is 0.167. The number of methoxy groups -OCH3 is 1. The van der Waals surface area contributed by atoms with E-state index in [9.17, 15) is 21.6 Å². The van der Waals surface area contributed by atoms with E-state index in [2.05, 4.69) is 4.18 Å². The lowest BCUT2D eigenvalue weighted by molar-refractivity contribution is -0.138. The molecule has 4 nitrogen and oxygen atoms in total. The van der Waals surface area contributed by atoms with Crippen LogP contribution in [0, 0.1) is 0 Å². The number of benzene rings is 2. The summed E-state index contributed by atoms with van der Waals surface area (Å²) in [5.41, 5.74) is -1.21. The maximum atomic E-state index is 12.9. The highest BCUT2D eigenvalue weighted by molar-refractivity contribution is 7.87. The van der Waals surface area contributed by atoms with Gasteiger partial charge in [-0.25, -0.2) is 0 Å². The predicted octanol–water partition coefficient (Wildman–Crippen LogP) is 4.14. The number of hydrogen-bond acceptors (Lipinski definition) is 4. The van der Waals surface area contributed by atoms with Crippen LogP contribution in [0.4, 0.5) is 13.2 Å². The van der Waals surface area contributed by atoms with Crippen LogP contribution in [0.2, 0.25) is 5.02 Å². The van der Waals surface area contributed by atoms with Gasteiger partial charge in [0, 0.05) is 6.07 Å². The Labute approximate surface area is 135 Å². The minimum atomic E-state index is -4.76. The zero-order valence-electron chi connectivity index (χ0n) is 11.6. The summed E-state index contributed by atoms with van der Waals surface area (Å²) in [6.45, 7) is 0. The summed E-state index contributed by atoms with van der Waals surface area (Å²) in [6, 6.07) is 7.70. The molecule has 9 heteroatoms. The Bertz CT molecular complexity index is 819. The highest BCUT2D eigenvalue weighted by Gasteiger charge is 2.35. The van der Waals surface area contributed by atoms with Crippen molar-refractivity contribution in [1.29, 1.82) is 0 Å². The first-order valence-electron chi connectivity index (χ1n) is 6.09. The molecular weight excluding hydrogens is 357 g/mol. The average molecular weight is 367 g/mol. The van der Waals surface area contributed by atoms with Crippen LogP contribution < -0.4 is 8.92 Å². The van der Waals surface area contributed by atoms with Crippen molar-refractivity contribution in [2.75, 3.05) is 7.11 Å². The van der Waals surface area contributed by atoms with E-state index in [1.165, 1.54) is 25.3 Å². The molecule has 2 aromatic rings. The molecule has 0 radical (unpaired) electrons. The van der Waals surface area contributed by atoms with Crippen molar-refractivity contribution in [3.05, 3.63) is 53.1 Å². The smallest absolute Gasteiger partial charge is 0.420 e. The Morgan fingerprint density at radius 2 is 1.74 bits per heavy atom. The highest BCUT2D eigenvalue weighted by Crippen LogP contribution is 2.37. The summed E-state index contributed by atoms with van der Waals surface area (Å²) in [4.78, 5) is -0.490. The van der Waals surface area contributed by atoms with Gasteiger partial charge in [-0.05, 0) is 24.3 Å². The van der Waals surface area contributed by atoms with E-state index in [-0.39, 0.29) is 10.8 Å². The number of alkyl halides is 3. The van der Waals surface area contributed by atoms with Crippen LogP contribution >= 0.6 is 11.6 Å². The number of para-hydroxylation sites is 1. The van der Waals surface area contributed by atoms with Gasteiger partial charge in [0.25, 0.3) is 0 Å². The molecule has 0 fully saturated rings. The van der Waals surface area contributed by atoms with Gasteiger partial charge in [0.1, 0.15) is 10.6 Å². The molecule has 23 heavy (non-hydrogen) atoms. The van der Waals surface area contributed by atoms with Crippen LogP contribution in [0.3, 0.4) is 0 Å². The Kier molecular flexibility index (Phi) is 4.76. The van der Waals surface area contributed by atoms with Crippen molar-refractivity contribution in [3.8, 4) is 11.5 Å². The molecule has 0 bridgehead atoms. The van der Waals surface area contributed by atoms with E-state index in [0.29, 0.717) is 0 Å². The quantitative estimate of drug-likeness (QED) is 0.763. The molecule has 2 aromatic carbocycles.